The van der Waals surface area contributed by atoms with Crippen LogP contribution in [0, 0.1) is 12.7 Å². The molecule has 0 aliphatic rings. The van der Waals surface area contributed by atoms with Gasteiger partial charge in [-0.25, -0.2) is 14.4 Å². The van der Waals surface area contributed by atoms with Gasteiger partial charge in [-0.2, -0.15) is 0 Å². The van der Waals surface area contributed by atoms with E-state index >= 15 is 0 Å². The third-order valence-electron chi connectivity index (χ3n) is 3.86. The minimum atomic E-state index is -0.337. The van der Waals surface area contributed by atoms with E-state index in [2.05, 4.69) is 28.8 Å². The number of ether oxygens (including phenoxy) is 1. The number of rotatable bonds is 7. The van der Waals surface area contributed by atoms with Crippen molar-refractivity contribution in [2.75, 3.05) is 6.61 Å². The molecule has 136 valence electrons. The molecule has 1 aromatic carbocycles. The molecule has 0 saturated carbocycles. The number of nitrogens with zero attached hydrogens (tertiary/aromatic N) is 2. The second kappa shape index (κ2) is 8.12. The number of pyridine rings is 1. The molecule has 0 bridgehead atoms. The molecule has 0 spiro atoms. The highest BCUT2D eigenvalue weighted by Gasteiger charge is 2.13. The number of halogens is 2. The summed E-state index contributed by atoms with van der Waals surface area (Å²) in [5.41, 5.74) is 2.40. The van der Waals surface area contributed by atoms with E-state index in [-0.39, 0.29) is 18.5 Å². The fourth-order valence-corrected chi connectivity index (χ4v) is 3.27. The van der Waals surface area contributed by atoms with Crippen LogP contribution in [0.5, 0.6) is 5.88 Å². The Bertz CT molecular complexity index is 944. The summed E-state index contributed by atoms with van der Waals surface area (Å²) in [6.45, 7) is 8.33. The Balaban J connectivity index is 1.85. The van der Waals surface area contributed by atoms with Crippen LogP contribution < -0.4 is 10.1 Å². The lowest BCUT2D eigenvalue weighted by atomic mass is 10.1. The first kappa shape index (κ1) is 18.8. The Morgan fingerprint density at radius 3 is 2.88 bits per heavy atom. The van der Waals surface area contributed by atoms with Gasteiger partial charge in [-0.05, 0) is 32.0 Å². The van der Waals surface area contributed by atoms with Crippen LogP contribution in [-0.4, -0.2) is 16.6 Å². The Morgan fingerprint density at radius 2 is 2.19 bits per heavy atom. The van der Waals surface area contributed by atoms with Gasteiger partial charge in [0.1, 0.15) is 12.4 Å². The van der Waals surface area contributed by atoms with Crippen LogP contribution in [-0.2, 0) is 6.54 Å². The fraction of sp³-hybridized carbons (Fsp3) is 0.263. The molecule has 2 aromatic heterocycles. The lowest BCUT2D eigenvalue weighted by Crippen LogP contribution is -2.19. The van der Waals surface area contributed by atoms with Crippen molar-refractivity contribution in [3.05, 3.63) is 63.3 Å². The van der Waals surface area contributed by atoms with Gasteiger partial charge < -0.3 is 10.1 Å². The van der Waals surface area contributed by atoms with Gasteiger partial charge in [0.25, 0.3) is 0 Å². The van der Waals surface area contributed by atoms with Crippen molar-refractivity contribution in [3.8, 4) is 5.88 Å². The summed E-state index contributed by atoms with van der Waals surface area (Å²) in [6.07, 6.45) is 0. The Morgan fingerprint density at radius 1 is 1.38 bits per heavy atom. The van der Waals surface area contributed by atoms with E-state index in [0.717, 1.165) is 21.7 Å². The van der Waals surface area contributed by atoms with Gasteiger partial charge in [0.2, 0.25) is 5.88 Å². The largest absolute Gasteiger partial charge is 0.472 e. The summed E-state index contributed by atoms with van der Waals surface area (Å²) in [7, 11) is 0. The number of fused-ring (bicyclic) bond motifs is 1. The zero-order valence-electron chi connectivity index (χ0n) is 14.6. The van der Waals surface area contributed by atoms with E-state index in [9.17, 15) is 4.39 Å². The molecule has 2 heterocycles. The van der Waals surface area contributed by atoms with Gasteiger partial charge in [-0.3, -0.25) is 0 Å². The molecule has 26 heavy (non-hydrogen) atoms. The highest BCUT2D eigenvalue weighted by Crippen LogP contribution is 2.25. The van der Waals surface area contributed by atoms with E-state index in [1.54, 1.807) is 17.4 Å². The summed E-state index contributed by atoms with van der Waals surface area (Å²) < 4.78 is 19.2. The van der Waals surface area contributed by atoms with Gasteiger partial charge in [0.05, 0.1) is 16.2 Å². The van der Waals surface area contributed by atoms with Crippen LogP contribution in [0.2, 0.25) is 0 Å². The van der Waals surface area contributed by atoms with E-state index in [4.69, 9.17) is 16.3 Å². The molecule has 3 aromatic rings. The number of nitrogens with one attached hydrogen (secondary N) is 1. The van der Waals surface area contributed by atoms with Crippen LogP contribution in [0.3, 0.4) is 0 Å². The topological polar surface area (TPSA) is 47.0 Å². The normalized spacial score (nSPS) is 12.3. The molecule has 4 nitrogen and oxygen atoms in total. The van der Waals surface area contributed by atoms with Gasteiger partial charge in [0, 0.05) is 40.0 Å². The van der Waals surface area contributed by atoms with E-state index in [1.807, 2.05) is 18.4 Å². The molecular weight excluding hydrogens is 373 g/mol. The maximum absolute atomic E-state index is 13.5. The summed E-state index contributed by atoms with van der Waals surface area (Å²) in [5.74, 6) is 0.0789. The predicted molar refractivity (Wildman–Crippen MR) is 104 cm³/mol. The van der Waals surface area contributed by atoms with Crippen molar-refractivity contribution in [1.29, 1.82) is 0 Å². The maximum atomic E-state index is 13.5. The van der Waals surface area contributed by atoms with Crippen molar-refractivity contribution in [3.63, 3.8) is 0 Å². The van der Waals surface area contributed by atoms with Crippen molar-refractivity contribution < 1.29 is 9.13 Å². The monoisotopic (exact) mass is 391 g/mol. The minimum absolute atomic E-state index is 0.0831. The SMILES string of the molecule is C=C(Cl)COc1nc2cc(F)ccc2cc1CN[C@H](C)c1csc(C)n1. The standard InChI is InChI=1S/C19H19ClFN3OS/c1-11(20)9-25-19-15(6-14-4-5-16(21)7-17(14)24-19)8-22-12(2)18-10-26-13(3)23-18/h4-7,10,12,22H,1,8-9H2,2-3H3/t12-/m1/s1. The summed E-state index contributed by atoms with van der Waals surface area (Å²) in [4.78, 5) is 8.95. The predicted octanol–water partition coefficient (Wildman–Crippen LogP) is 5.12. The average molecular weight is 392 g/mol. The first-order chi connectivity index (χ1) is 12.4. The zero-order valence-corrected chi connectivity index (χ0v) is 16.1. The highest BCUT2D eigenvalue weighted by molar-refractivity contribution is 7.09. The quantitative estimate of drug-likeness (QED) is 0.607. The van der Waals surface area contributed by atoms with Gasteiger partial charge in [-0.15, -0.1) is 11.3 Å². The second-order valence-electron chi connectivity index (χ2n) is 5.99. The van der Waals surface area contributed by atoms with Crippen molar-refractivity contribution in [2.45, 2.75) is 26.4 Å². The first-order valence-corrected chi connectivity index (χ1v) is 9.39. The van der Waals surface area contributed by atoms with Gasteiger partial charge in [-0.1, -0.05) is 18.2 Å². The number of thiazole rings is 1. The van der Waals surface area contributed by atoms with E-state index in [0.29, 0.717) is 23.0 Å². The van der Waals surface area contributed by atoms with Gasteiger partial charge >= 0.3 is 0 Å². The number of aryl methyl sites for hydroxylation is 1. The van der Waals surface area contributed by atoms with Crippen molar-refractivity contribution in [2.24, 2.45) is 0 Å². The number of hydrogen-bond acceptors (Lipinski definition) is 5. The molecule has 0 fully saturated rings. The highest BCUT2D eigenvalue weighted by atomic mass is 35.5. The molecule has 1 N–H and O–H groups in total. The third kappa shape index (κ3) is 4.58. The molecule has 0 saturated heterocycles. The van der Waals surface area contributed by atoms with Crippen molar-refractivity contribution >= 4 is 33.8 Å². The van der Waals surface area contributed by atoms with E-state index in [1.165, 1.54) is 12.1 Å². The first-order valence-electron chi connectivity index (χ1n) is 8.13. The molecule has 0 amide bonds. The average Bonchev–Trinajstić information content (AvgIpc) is 3.04. The Hall–Kier alpha value is -2.02. The van der Waals surface area contributed by atoms with Crippen molar-refractivity contribution in [1.82, 2.24) is 15.3 Å². The molecule has 0 aliphatic carbocycles. The zero-order chi connectivity index (χ0) is 18.7. The summed E-state index contributed by atoms with van der Waals surface area (Å²) in [6, 6.07) is 6.54. The van der Waals surface area contributed by atoms with Gasteiger partial charge in [0.15, 0.2) is 0 Å². The molecule has 0 unspecified atom stereocenters. The summed E-state index contributed by atoms with van der Waals surface area (Å²) >= 11 is 7.43. The third-order valence-corrected chi connectivity index (χ3v) is 4.76. The van der Waals surface area contributed by atoms with E-state index < -0.39 is 0 Å². The second-order valence-corrected chi connectivity index (χ2v) is 7.59. The number of benzene rings is 1. The van der Waals surface area contributed by atoms with Crippen LogP contribution in [0.15, 0.2) is 41.3 Å². The van der Waals surface area contributed by atoms with Crippen LogP contribution in [0.25, 0.3) is 10.9 Å². The smallest absolute Gasteiger partial charge is 0.218 e. The molecule has 0 radical (unpaired) electrons. The van der Waals surface area contributed by atoms with Crippen LogP contribution >= 0.6 is 22.9 Å². The molecule has 0 aliphatic heterocycles. The summed E-state index contributed by atoms with van der Waals surface area (Å²) in [5, 5.41) is 7.72. The van der Waals surface area contributed by atoms with Crippen LogP contribution in [0.1, 0.15) is 29.2 Å². The Labute approximate surface area is 160 Å². The lowest BCUT2D eigenvalue weighted by molar-refractivity contribution is 0.340. The molecule has 1 atom stereocenters. The number of hydrogen-bond donors (Lipinski definition) is 1. The minimum Gasteiger partial charge on any atom is -0.472 e. The van der Waals surface area contributed by atoms with Crippen LogP contribution in [0.4, 0.5) is 4.39 Å². The molecule has 7 heteroatoms. The number of aromatic nitrogens is 2. The Kier molecular flexibility index (Phi) is 5.86. The maximum Gasteiger partial charge on any atom is 0.218 e. The lowest BCUT2D eigenvalue weighted by Gasteiger charge is -2.15. The fourth-order valence-electron chi connectivity index (χ4n) is 2.51. The molecular formula is C19H19ClFN3OS. The molecule has 3 rings (SSSR count).